The highest BCUT2D eigenvalue weighted by atomic mass is 32.2. The summed E-state index contributed by atoms with van der Waals surface area (Å²) in [5, 5.41) is 2.97. The van der Waals surface area contributed by atoms with E-state index in [-0.39, 0.29) is 5.91 Å². The van der Waals surface area contributed by atoms with Gasteiger partial charge in [0.2, 0.25) is 5.91 Å². The number of nitrogens with one attached hydrogen (secondary N) is 1. The lowest BCUT2D eigenvalue weighted by molar-refractivity contribution is -0.113. The van der Waals surface area contributed by atoms with Crippen molar-refractivity contribution in [3.8, 4) is 0 Å². The van der Waals surface area contributed by atoms with Crippen molar-refractivity contribution in [1.29, 1.82) is 0 Å². The number of thioether (sulfide) groups is 1. The number of carbonyl (C=O) groups excluding carboxylic acids is 1. The van der Waals surface area contributed by atoms with Gasteiger partial charge in [-0.25, -0.2) is 0 Å². The van der Waals surface area contributed by atoms with Crippen molar-refractivity contribution in [1.82, 2.24) is 4.90 Å². The van der Waals surface area contributed by atoms with Crippen LogP contribution in [0.15, 0.2) is 24.3 Å². The molecule has 0 bridgehead atoms. The van der Waals surface area contributed by atoms with Crippen LogP contribution < -0.4 is 10.2 Å². The maximum atomic E-state index is 11.9. The number of benzene rings is 1. The number of rotatable bonds is 7. The van der Waals surface area contributed by atoms with Gasteiger partial charge in [-0.15, -0.1) is 0 Å². The Morgan fingerprint density at radius 1 is 1.18 bits per heavy atom. The van der Waals surface area contributed by atoms with Gasteiger partial charge in [0.15, 0.2) is 0 Å². The average Bonchev–Trinajstić information content (AvgIpc) is 2.53. The minimum Gasteiger partial charge on any atom is -0.369 e. The molecule has 0 aliphatic carbocycles. The van der Waals surface area contributed by atoms with Gasteiger partial charge < -0.3 is 15.1 Å². The highest BCUT2D eigenvalue weighted by Crippen LogP contribution is 2.19. The van der Waals surface area contributed by atoms with Crippen molar-refractivity contribution in [2.45, 2.75) is 19.8 Å². The number of piperazine rings is 1. The molecule has 1 aliphatic rings. The van der Waals surface area contributed by atoms with Crippen molar-refractivity contribution in [2.24, 2.45) is 0 Å². The quantitative estimate of drug-likeness (QED) is 0.783. The second-order valence-electron chi connectivity index (χ2n) is 5.79. The molecule has 1 N–H and O–H groups in total. The van der Waals surface area contributed by atoms with E-state index in [1.165, 1.54) is 18.5 Å². The molecular weight excluding hydrogens is 294 g/mol. The van der Waals surface area contributed by atoms with Gasteiger partial charge in [-0.05, 0) is 43.5 Å². The van der Waals surface area contributed by atoms with Crippen LogP contribution in [0.25, 0.3) is 0 Å². The largest absolute Gasteiger partial charge is 0.369 e. The summed E-state index contributed by atoms with van der Waals surface area (Å²) in [7, 11) is 2.16. The van der Waals surface area contributed by atoms with Crippen molar-refractivity contribution < 1.29 is 4.79 Å². The molecule has 5 heteroatoms. The lowest BCUT2D eigenvalue weighted by Crippen LogP contribution is -2.44. The van der Waals surface area contributed by atoms with E-state index in [1.54, 1.807) is 11.8 Å². The molecule has 122 valence electrons. The molecule has 0 saturated carbocycles. The summed E-state index contributed by atoms with van der Waals surface area (Å²) in [5.41, 5.74) is 2.13. The average molecular weight is 321 g/mol. The molecular formula is C17H27N3OS. The van der Waals surface area contributed by atoms with Crippen LogP contribution in [-0.4, -0.2) is 55.5 Å². The first-order chi connectivity index (χ1) is 10.7. The molecule has 4 nitrogen and oxygen atoms in total. The zero-order chi connectivity index (χ0) is 15.8. The molecule has 2 rings (SSSR count). The molecule has 1 amide bonds. The van der Waals surface area contributed by atoms with E-state index >= 15 is 0 Å². The standard InChI is InChI=1S/C17H27N3OS/c1-3-4-13-22-14-17(21)18-15-5-7-16(8-6-15)20-11-9-19(2)10-12-20/h5-8H,3-4,9-14H2,1-2H3,(H,18,21). The molecule has 0 radical (unpaired) electrons. The number of carbonyl (C=O) groups is 1. The fourth-order valence-electron chi connectivity index (χ4n) is 2.43. The third kappa shape index (κ3) is 5.54. The molecule has 0 spiro atoms. The van der Waals surface area contributed by atoms with Crippen LogP contribution in [0, 0.1) is 0 Å². The molecule has 22 heavy (non-hydrogen) atoms. The Kier molecular flexibility index (Phi) is 7.06. The maximum Gasteiger partial charge on any atom is 0.234 e. The van der Waals surface area contributed by atoms with Crippen molar-refractivity contribution >= 4 is 29.0 Å². The predicted molar refractivity (Wildman–Crippen MR) is 97.0 cm³/mol. The first-order valence-electron chi connectivity index (χ1n) is 8.10. The monoisotopic (exact) mass is 321 g/mol. The molecule has 1 fully saturated rings. The fraction of sp³-hybridized carbons (Fsp3) is 0.588. The van der Waals surface area contributed by atoms with Crippen LogP contribution in [0.5, 0.6) is 0 Å². The Hall–Kier alpha value is -1.20. The summed E-state index contributed by atoms with van der Waals surface area (Å²) in [5.74, 6) is 1.69. The second kappa shape index (κ2) is 9.06. The minimum absolute atomic E-state index is 0.0912. The lowest BCUT2D eigenvalue weighted by atomic mass is 10.2. The topological polar surface area (TPSA) is 35.6 Å². The Balaban J connectivity index is 1.78. The maximum absolute atomic E-state index is 11.9. The van der Waals surface area contributed by atoms with Gasteiger partial charge in [0, 0.05) is 37.6 Å². The van der Waals surface area contributed by atoms with Crippen molar-refractivity contribution in [2.75, 3.05) is 54.9 Å². The summed E-state index contributed by atoms with van der Waals surface area (Å²) >= 11 is 1.71. The molecule has 1 aromatic rings. The van der Waals surface area contributed by atoms with Crippen LogP contribution in [0.1, 0.15) is 19.8 Å². The van der Waals surface area contributed by atoms with Gasteiger partial charge in [0.25, 0.3) is 0 Å². The first-order valence-corrected chi connectivity index (χ1v) is 9.25. The van der Waals surface area contributed by atoms with Crippen LogP contribution in [0.2, 0.25) is 0 Å². The van der Waals surface area contributed by atoms with Gasteiger partial charge in [-0.2, -0.15) is 11.8 Å². The van der Waals surface area contributed by atoms with E-state index < -0.39 is 0 Å². The van der Waals surface area contributed by atoms with Crippen LogP contribution in [0.4, 0.5) is 11.4 Å². The molecule has 0 unspecified atom stereocenters. The van der Waals surface area contributed by atoms with Gasteiger partial charge in [-0.1, -0.05) is 13.3 Å². The number of likely N-dealkylation sites (N-methyl/N-ethyl adjacent to an activating group) is 1. The lowest BCUT2D eigenvalue weighted by Gasteiger charge is -2.34. The molecule has 1 heterocycles. The molecule has 0 aromatic heterocycles. The van der Waals surface area contributed by atoms with Gasteiger partial charge in [0.05, 0.1) is 5.75 Å². The van der Waals surface area contributed by atoms with E-state index in [2.05, 4.69) is 41.2 Å². The van der Waals surface area contributed by atoms with Crippen LogP contribution in [0.3, 0.4) is 0 Å². The number of anilines is 2. The first kappa shape index (κ1) is 17.2. The van der Waals surface area contributed by atoms with Crippen LogP contribution >= 0.6 is 11.8 Å². The second-order valence-corrected chi connectivity index (χ2v) is 6.90. The highest BCUT2D eigenvalue weighted by molar-refractivity contribution is 7.99. The zero-order valence-electron chi connectivity index (χ0n) is 13.7. The normalized spacial score (nSPS) is 15.8. The fourth-order valence-corrected chi connectivity index (χ4v) is 3.32. The Labute approximate surface area is 138 Å². The molecule has 1 aromatic carbocycles. The summed E-state index contributed by atoms with van der Waals surface area (Å²) in [4.78, 5) is 16.6. The minimum atomic E-state index is 0.0912. The summed E-state index contributed by atoms with van der Waals surface area (Å²) < 4.78 is 0. The number of amides is 1. The molecule has 1 aliphatic heterocycles. The SMILES string of the molecule is CCCCSCC(=O)Nc1ccc(N2CCN(C)CC2)cc1. The summed E-state index contributed by atoms with van der Waals surface area (Å²) in [6.07, 6.45) is 2.36. The number of hydrogen-bond donors (Lipinski definition) is 1. The number of unbranched alkanes of at least 4 members (excludes halogenated alkanes) is 1. The number of hydrogen-bond acceptors (Lipinski definition) is 4. The smallest absolute Gasteiger partial charge is 0.234 e. The summed E-state index contributed by atoms with van der Waals surface area (Å²) in [6, 6.07) is 8.21. The Bertz CT molecular complexity index is 455. The summed E-state index contributed by atoms with van der Waals surface area (Å²) in [6.45, 7) is 6.51. The Morgan fingerprint density at radius 3 is 2.50 bits per heavy atom. The highest BCUT2D eigenvalue weighted by Gasteiger charge is 2.14. The zero-order valence-corrected chi connectivity index (χ0v) is 14.5. The van der Waals surface area contributed by atoms with Gasteiger partial charge in [0.1, 0.15) is 0 Å². The van der Waals surface area contributed by atoms with Gasteiger partial charge in [-0.3, -0.25) is 4.79 Å². The molecule has 1 saturated heterocycles. The third-order valence-electron chi connectivity index (χ3n) is 3.89. The number of nitrogens with zero attached hydrogens (tertiary/aromatic N) is 2. The Morgan fingerprint density at radius 2 is 1.86 bits per heavy atom. The van der Waals surface area contributed by atoms with Crippen molar-refractivity contribution in [3.05, 3.63) is 24.3 Å². The van der Waals surface area contributed by atoms with E-state index in [1.807, 2.05) is 12.1 Å². The van der Waals surface area contributed by atoms with E-state index in [0.717, 1.165) is 37.6 Å². The molecule has 0 atom stereocenters. The predicted octanol–water partition coefficient (Wildman–Crippen LogP) is 2.91. The van der Waals surface area contributed by atoms with Crippen LogP contribution in [-0.2, 0) is 4.79 Å². The van der Waals surface area contributed by atoms with E-state index in [0.29, 0.717) is 5.75 Å². The van der Waals surface area contributed by atoms with Gasteiger partial charge >= 0.3 is 0 Å². The van der Waals surface area contributed by atoms with E-state index in [9.17, 15) is 4.79 Å². The van der Waals surface area contributed by atoms with Crippen molar-refractivity contribution in [3.63, 3.8) is 0 Å². The third-order valence-corrected chi connectivity index (χ3v) is 4.94. The van der Waals surface area contributed by atoms with E-state index in [4.69, 9.17) is 0 Å².